The van der Waals surface area contributed by atoms with Gasteiger partial charge in [-0.25, -0.2) is 4.68 Å². The molecule has 0 saturated heterocycles. The summed E-state index contributed by atoms with van der Waals surface area (Å²) < 4.78 is 2.09. The molecule has 1 aromatic rings. The van der Waals surface area contributed by atoms with Crippen LogP contribution < -0.4 is 0 Å². The third-order valence-corrected chi connectivity index (χ3v) is 5.37. The van der Waals surface area contributed by atoms with E-state index in [1.165, 1.54) is 6.42 Å². The third-order valence-electron chi connectivity index (χ3n) is 5.37. The van der Waals surface area contributed by atoms with E-state index in [0.29, 0.717) is 18.4 Å². The van der Waals surface area contributed by atoms with Crippen molar-refractivity contribution in [2.24, 2.45) is 11.8 Å². The molecule has 24 heavy (non-hydrogen) atoms. The molecule has 2 N–H and O–H groups in total. The second kappa shape index (κ2) is 7.21. The molecule has 0 aromatic carbocycles. The number of hydrogen-bond acceptors (Lipinski definition) is 4. The fourth-order valence-electron chi connectivity index (χ4n) is 4.09. The molecule has 1 heterocycles. The molecule has 134 valence electrons. The number of carboxylic acids is 1. The number of aliphatic hydroxyl groups excluding tert-OH is 1. The lowest BCUT2D eigenvalue weighted by atomic mass is 9.75. The first-order valence-corrected chi connectivity index (χ1v) is 9.27. The Labute approximate surface area is 143 Å². The van der Waals surface area contributed by atoms with E-state index in [9.17, 15) is 15.0 Å². The number of carbonyl (C=O) groups is 1. The van der Waals surface area contributed by atoms with Crippen molar-refractivity contribution < 1.29 is 15.0 Å². The van der Waals surface area contributed by atoms with Gasteiger partial charge in [0.2, 0.25) is 0 Å². The fourth-order valence-corrected chi connectivity index (χ4v) is 4.09. The predicted molar refractivity (Wildman–Crippen MR) is 89.9 cm³/mol. The minimum absolute atomic E-state index is 0.0135. The minimum atomic E-state index is -0.842. The SMILES string of the molecule is CC(C)CC1CC(n2nnc(C(CCO)CC(=O)O)c2C2CC2)C1. The van der Waals surface area contributed by atoms with Gasteiger partial charge in [0.05, 0.1) is 23.9 Å². The summed E-state index contributed by atoms with van der Waals surface area (Å²) in [7, 11) is 0. The summed E-state index contributed by atoms with van der Waals surface area (Å²) in [6.45, 7) is 4.51. The first kappa shape index (κ1) is 17.4. The van der Waals surface area contributed by atoms with E-state index in [1.54, 1.807) is 0 Å². The number of nitrogens with zero attached hydrogens (tertiary/aromatic N) is 3. The molecular formula is C18H29N3O3. The normalized spacial score (nSPS) is 24.8. The molecule has 0 bridgehead atoms. The van der Waals surface area contributed by atoms with Gasteiger partial charge in [-0.3, -0.25) is 4.79 Å². The molecule has 2 aliphatic carbocycles. The minimum Gasteiger partial charge on any atom is -0.481 e. The number of aliphatic hydroxyl groups is 1. The van der Waals surface area contributed by atoms with Gasteiger partial charge in [0.1, 0.15) is 0 Å². The highest BCUT2D eigenvalue weighted by atomic mass is 16.4. The van der Waals surface area contributed by atoms with Crippen molar-refractivity contribution in [2.45, 2.75) is 76.7 Å². The zero-order valence-electron chi connectivity index (χ0n) is 14.7. The van der Waals surface area contributed by atoms with Crippen LogP contribution in [-0.2, 0) is 4.79 Å². The summed E-state index contributed by atoms with van der Waals surface area (Å²) in [5.41, 5.74) is 1.98. The summed E-state index contributed by atoms with van der Waals surface area (Å²) in [5, 5.41) is 27.3. The highest BCUT2D eigenvalue weighted by molar-refractivity contribution is 5.68. The number of aliphatic carboxylic acids is 1. The lowest BCUT2D eigenvalue weighted by molar-refractivity contribution is -0.137. The van der Waals surface area contributed by atoms with Crippen LogP contribution in [0, 0.1) is 11.8 Å². The molecular weight excluding hydrogens is 306 g/mol. The van der Waals surface area contributed by atoms with Crippen molar-refractivity contribution in [1.29, 1.82) is 0 Å². The Kier molecular flexibility index (Phi) is 5.23. The van der Waals surface area contributed by atoms with E-state index in [1.807, 2.05) is 0 Å². The van der Waals surface area contributed by atoms with Crippen LogP contribution in [0.1, 0.15) is 88.1 Å². The molecule has 0 spiro atoms. The van der Waals surface area contributed by atoms with Gasteiger partial charge < -0.3 is 10.2 Å². The van der Waals surface area contributed by atoms with E-state index < -0.39 is 5.97 Å². The van der Waals surface area contributed by atoms with Gasteiger partial charge in [-0.1, -0.05) is 19.1 Å². The Hall–Kier alpha value is -1.43. The average Bonchev–Trinajstić information content (AvgIpc) is 3.21. The van der Waals surface area contributed by atoms with Crippen LogP contribution in [0.4, 0.5) is 0 Å². The lowest BCUT2D eigenvalue weighted by Crippen LogP contribution is -2.29. The first-order valence-electron chi connectivity index (χ1n) is 9.27. The number of hydrogen-bond donors (Lipinski definition) is 2. The van der Waals surface area contributed by atoms with Crippen LogP contribution in [0.5, 0.6) is 0 Å². The molecule has 2 fully saturated rings. The van der Waals surface area contributed by atoms with Crippen molar-refractivity contribution in [3.8, 4) is 0 Å². The quantitative estimate of drug-likeness (QED) is 0.724. The highest BCUT2D eigenvalue weighted by Crippen LogP contribution is 2.48. The summed E-state index contributed by atoms with van der Waals surface area (Å²) >= 11 is 0. The van der Waals surface area contributed by atoms with Crippen molar-refractivity contribution in [1.82, 2.24) is 15.0 Å². The molecule has 6 heteroatoms. The monoisotopic (exact) mass is 335 g/mol. The molecule has 2 aliphatic rings. The number of aromatic nitrogens is 3. The van der Waals surface area contributed by atoms with E-state index in [0.717, 1.165) is 48.9 Å². The van der Waals surface area contributed by atoms with Gasteiger partial charge in [0.25, 0.3) is 0 Å². The van der Waals surface area contributed by atoms with Crippen molar-refractivity contribution in [3.05, 3.63) is 11.4 Å². The maximum Gasteiger partial charge on any atom is 0.304 e. The molecule has 3 rings (SSSR count). The highest BCUT2D eigenvalue weighted by Gasteiger charge is 2.39. The van der Waals surface area contributed by atoms with Crippen molar-refractivity contribution in [2.75, 3.05) is 6.61 Å². The van der Waals surface area contributed by atoms with Gasteiger partial charge in [0.15, 0.2) is 0 Å². The van der Waals surface area contributed by atoms with E-state index in [2.05, 4.69) is 28.8 Å². The Balaban J connectivity index is 1.77. The largest absolute Gasteiger partial charge is 0.481 e. The van der Waals surface area contributed by atoms with Crippen LogP contribution in [0.3, 0.4) is 0 Å². The summed E-state index contributed by atoms with van der Waals surface area (Å²) in [6, 6.07) is 0.421. The maximum absolute atomic E-state index is 11.2. The van der Waals surface area contributed by atoms with Crippen LogP contribution >= 0.6 is 0 Å². The fraction of sp³-hybridized carbons (Fsp3) is 0.833. The first-order chi connectivity index (χ1) is 11.5. The van der Waals surface area contributed by atoms with Crippen molar-refractivity contribution >= 4 is 5.97 Å². The molecule has 0 amide bonds. The Morgan fingerprint density at radius 2 is 2.04 bits per heavy atom. The van der Waals surface area contributed by atoms with Gasteiger partial charge >= 0.3 is 5.97 Å². The average molecular weight is 335 g/mol. The smallest absolute Gasteiger partial charge is 0.304 e. The topological polar surface area (TPSA) is 88.2 Å². The van der Waals surface area contributed by atoms with Crippen LogP contribution in [0.25, 0.3) is 0 Å². The molecule has 1 atom stereocenters. The number of carboxylic acid groups (broad SMARTS) is 1. The van der Waals surface area contributed by atoms with Gasteiger partial charge in [0, 0.05) is 18.4 Å². The zero-order valence-corrected chi connectivity index (χ0v) is 14.7. The zero-order chi connectivity index (χ0) is 17.3. The molecule has 1 unspecified atom stereocenters. The lowest BCUT2D eigenvalue weighted by Gasteiger charge is -2.37. The Bertz CT molecular complexity index is 574. The van der Waals surface area contributed by atoms with Crippen LogP contribution in [0.2, 0.25) is 0 Å². The molecule has 2 saturated carbocycles. The van der Waals surface area contributed by atoms with Crippen LogP contribution in [0.15, 0.2) is 0 Å². The Morgan fingerprint density at radius 1 is 1.33 bits per heavy atom. The second-order valence-corrected chi connectivity index (χ2v) is 8.01. The molecule has 1 aromatic heterocycles. The Morgan fingerprint density at radius 3 is 2.58 bits per heavy atom. The van der Waals surface area contributed by atoms with Gasteiger partial charge in [-0.05, 0) is 50.4 Å². The molecule has 0 aliphatic heterocycles. The summed E-state index contributed by atoms with van der Waals surface area (Å²) in [4.78, 5) is 11.2. The van der Waals surface area contributed by atoms with Crippen molar-refractivity contribution in [3.63, 3.8) is 0 Å². The molecule has 0 radical (unpaired) electrons. The van der Waals surface area contributed by atoms with E-state index in [-0.39, 0.29) is 18.9 Å². The van der Waals surface area contributed by atoms with E-state index in [4.69, 9.17) is 0 Å². The summed E-state index contributed by atoms with van der Waals surface area (Å²) in [5.74, 6) is 0.916. The van der Waals surface area contributed by atoms with Gasteiger partial charge in [-0.15, -0.1) is 5.10 Å². The predicted octanol–water partition coefficient (Wildman–Crippen LogP) is 3.09. The van der Waals surface area contributed by atoms with E-state index >= 15 is 0 Å². The third kappa shape index (κ3) is 3.79. The number of rotatable bonds is 9. The maximum atomic E-state index is 11.2. The molecule has 6 nitrogen and oxygen atoms in total. The van der Waals surface area contributed by atoms with Crippen LogP contribution in [-0.4, -0.2) is 37.8 Å². The standard InChI is InChI=1S/C18H29N3O3/c1-11(2)7-12-8-15(9-12)21-18(13-3-4-13)17(19-20-21)14(5-6-22)10-16(23)24/h11-15,22H,3-10H2,1-2H3,(H,23,24). The van der Waals surface area contributed by atoms with Gasteiger partial charge in [-0.2, -0.15) is 0 Å². The second-order valence-electron chi connectivity index (χ2n) is 8.01. The summed E-state index contributed by atoms with van der Waals surface area (Å²) in [6.07, 6.45) is 6.31.